The summed E-state index contributed by atoms with van der Waals surface area (Å²) in [7, 11) is 3.56. The number of ether oxygens (including phenoxy) is 1. The molecule has 6 heteroatoms. The first-order valence-electron chi connectivity index (χ1n) is 10.4. The molecular formula is C20H36N4O2. The number of hydrogen-bond donors (Lipinski definition) is 2. The van der Waals surface area contributed by atoms with E-state index < -0.39 is 0 Å². The van der Waals surface area contributed by atoms with Gasteiger partial charge in [-0.15, -0.1) is 0 Å². The Hall–Kier alpha value is -1.30. The van der Waals surface area contributed by atoms with Crippen LogP contribution in [0.2, 0.25) is 0 Å². The minimum absolute atomic E-state index is 0.0360. The average Bonchev–Trinajstić information content (AvgIpc) is 3.30. The molecule has 0 aromatic carbocycles. The van der Waals surface area contributed by atoms with Gasteiger partial charge >= 0.3 is 0 Å². The fraction of sp³-hybridized carbons (Fsp3) is 0.900. The van der Waals surface area contributed by atoms with E-state index in [2.05, 4.69) is 22.5 Å². The number of carbonyl (C=O) groups is 1. The highest BCUT2D eigenvalue weighted by Gasteiger charge is 2.57. The van der Waals surface area contributed by atoms with Crippen LogP contribution in [0.15, 0.2) is 4.99 Å². The largest absolute Gasteiger partial charge is 0.378 e. The zero-order valence-electron chi connectivity index (χ0n) is 16.7. The number of guanidine groups is 1. The Labute approximate surface area is 158 Å². The molecule has 1 amide bonds. The van der Waals surface area contributed by atoms with Crippen LogP contribution in [0.3, 0.4) is 0 Å². The second kappa shape index (κ2) is 8.59. The van der Waals surface area contributed by atoms with Crippen LogP contribution in [0.25, 0.3) is 0 Å². The van der Waals surface area contributed by atoms with Crippen molar-refractivity contribution in [1.29, 1.82) is 0 Å². The minimum Gasteiger partial charge on any atom is -0.378 e. The highest BCUT2D eigenvalue weighted by atomic mass is 16.5. The summed E-state index contributed by atoms with van der Waals surface area (Å²) in [6.07, 6.45) is 11.4. The minimum atomic E-state index is 0.0360. The molecule has 2 unspecified atom stereocenters. The van der Waals surface area contributed by atoms with Crippen molar-refractivity contribution in [2.45, 2.75) is 82.9 Å². The summed E-state index contributed by atoms with van der Waals surface area (Å²) >= 11 is 0. The Balaban J connectivity index is 1.66. The molecule has 0 bridgehead atoms. The molecule has 148 valence electrons. The zero-order valence-corrected chi connectivity index (χ0v) is 16.7. The summed E-state index contributed by atoms with van der Waals surface area (Å²) in [4.78, 5) is 18.2. The van der Waals surface area contributed by atoms with Gasteiger partial charge in [0.1, 0.15) is 6.54 Å². The third-order valence-corrected chi connectivity index (χ3v) is 6.57. The summed E-state index contributed by atoms with van der Waals surface area (Å²) in [6, 6.07) is 0.890. The lowest BCUT2D eigenvalue weighted by molar-refractivity contribution is -0.127. The van der Waals surface area contributed by atoms with Gasteiger partial charge < -0.3 is 20.3 Å². The topological polar surface area (TPSA) is 66.0 Å². The Kier molecular flexibility index (Phi) is 6.43. The summed E-state index contributed by atoms with van der Waals surface area (Å²) in [5, 5.41) is 7.27. The lowest BCUT2D eigenvalue weighted by atomic mass is 9.60. The maximum Gasteiger partial charge on any atom is 0.243 e. The molecule has 3 aliphatic rings. The summed E-state index contributed by atoms with van der Waals surface area (Å²) in [5.74, 6) is 0.854. The van der Waals surface area contributed by atoms with E-state index in [4.69, 9.17) is 4.74 Å². The second-order valence-corrected chi connectivity index (χ2v) is 8.40. The van der Waals surface area contributed by atoms with Gasteiger partial charge in [0.05, 0.1) is 6.10 Å². The van der Waals surface area contributed by atoms with Crippen LogP contribution in [-0.4, -0.2) is 62.2 Å². The lowest BCUT2D eigenvalue weighted by Crippen LogP contribution is -2.65. The van der Waals surface area contributed by atoms with Crippen molar-refractivity contribution >= 4 is 11.9 Å². The first-order chi connectivity index (χ1) is 12.5. The highest BCUT2D eigenvalue weighted by molar-refractivity contribution is 5.85. The van der Waals surface area contributed by atoms with Gasteiger partial charge in [-0.3, -0.25) is 4.79 Å². The molecule has 0 radical (unpaired) electrons. The van der Waals surface area contributed by atoms with Crippen molar-refractivity contribution in [3.63, 3.8) is 0 Å². The van der Waals surface area contributed by atoms with Crippen molar-refractivity contribution in [2.24, 2.45) is 10.4 Å². The molecule has 6 nitrogen and oxygen atoms in total. The third kappa shape index (κ3) is 4.16. The maximum atomic E-state index is 12.0. The Morgan fingerprint density at radius 2 is 1.85 bits per heavy atom. The van der Waals surface area contributed by atoms with E-state index in [9.17, 15) is 4.79 Å². The maximum absolute atomic E-state index is 12.0. The standard InChI is InChI=1S/C20H36N4O2/c1-4-26-17-13-16(20(17)11-7-8-12-20)23-19(21-14-18(25)24(2)3)22-15-9-5-6-10-15/h15-17H,4-14H2,1-3H3,(H2,21,22,23). The van der Waals surface area contributed by atoms with E-state index in [0.717, 1.165) is 19.0 Å². The predicted octanol–water partition coefficient (Wildman–Crippen LogP) is 2.29. The number of likely N-dealkylation sites (N-methyl/N-ethyl adjacent to an activating group) is 1. The number of amides is 1. The van der Waals surface area contributed by atoms with Gasteiger partial charge in [-0.05, 0) is 39.0 Å². The van der Waals surface area contributed by atoms with Gasteiger partial charge in [-0.1, -0.05) is 25.7 Å². The van der Waals surface area contributed by atoms with Crippen LogP contribution in [0, 0.1) is 5.41 Å². The van der Waals surface area contributed by atoms with Crippen LogP contribution in [0.4, 0.5) is 0 Å². The highest BCUT2D eigenvalue weighted by Crippen LogP contribution is 2.54. The number of hydrogen-bond acceptors (Lipinski definition) is 3. The zero-order chi connectivity index (χ0) is 18.6. The normalized spacial score (nSPS) is 28.2. The molecule has 0 aromatic rings. The first kappa shape index (κ1) is 19.5. The smallest absolute Gasteiger partial charge is 0.243 e. The summed E-state index contributed by atoms with van der Waals surface area (Å²) in [5.41, 5.74) is 0.264. The molecule has 0 saturated heterocycles. The second-order valence-electron chi connectivity index (χ2n) is 8.40. The van der Waals surface area contributed by atoms with Gasteiger partial charge in [0.2, 0.25) is 5.91 Å². The van der Waals surface area contributed by atoms with Crippen molar-refractivity contribution in [1.82, 2.24) is 15.5 Å². The molecule has 1 spiro atoms. The van der Waals surface area contributed by atoms with Gasteiger partial charge in [-0.25, -0.2) is 4.99 Å². The number of aliphatic imine (C=N–C) groups is 1. The molecule has 3 rings (SSSR count). The van der Waals surface area contributed by atoms with Crippen LogP contribution >= 0.6 is 0 Å². The molecule has 2 N–H and O–H groups in total. The molecule has 0 aliphatic heterocycles. The average molecular weight is 365 g/mol. The lowest BCUT2D eigenvalue weighted by Gasteiger charge is -2.54. The fourth-order valence-corrected chi connectivity index (χ4v) is 4.94. The van der Waals surface area contributed by atoms with E-state index in [0.29, 0.717) is 18.2 Å². The van der Waals surface area contributed by atoms with E-state index in [1.807, 2.05) is 0 Å². The van der Waals surface area contributed by atoms with Crippen LogP contribution < -0.4 is 10.6 Å². The van der Waals surface area contributed by atoms with Crippen molar-refractivity contribution in [3.05, 3.63) is 0 Å². The monoisotopic (exact) mass is 364 g/mol. The number of nitrogens with one attached hydrogen (secondary N) is 2. The van der Waals surface area contributed by atoms with Crippen molar-refractivity contribution in [2.75, 3.05) is 27.2 Å². The molecular weight excluding hydrogens is 328 g/mol. The number of nitrogens with zero attached hydrogens (tertiary/aromatic N) is 2. The Morgan fingerprint density at radius 3 is 2.46 bits per heavy atom. The first-order valence-corrected chi connectivity index (χ1v) is 10.4. The third-order valence-electron chi connectivity index (χ3n) is 6.57. The molecule has 0 heterocycles. The van der Waals surface area contributed by atoms with Crippen LogP contribution in [-0.2, 0) is 9.53 Å². The molecule has 0 aromatic heterocycles. The van der Waals surface area contributed by atoms with Gasteiger partial charge in [0.15, 0.2) is 5.96 Å². The number of carbonyl (C=O) groups excluding carboxylic acids is 1. The SMILES string of the molecule is CCOC1CC(NC(=NCC(=O)N(C)C)NC2CCCC2)C12CCCC2. The summed E-state index contributed by atoms with van der Waals surface area (Å²) in [6.45, 7) is 3.08. The molecule has 3 fully saturated rings. The fourth-order valence-electron chi connectivity index (χ4n) is 4.94. The van der Waals surface area contributed by atoms with Crippen molar-refractivity contribution in [3.8, 4) is 0 Å². The van der Waals surface area contributed by atoms with E-state index in [1.54, 1.807) is 19.0 Å². The van der Waals surface area contributed by atoms with E-state index in [1.165, 1.54) is 51.4 Å². The summed E-state index contributed by atoms with van der Waals surface area (Å²) < 4.78 is 6.03. The van der Waals surface area contributed by atoms with E-state index >= 15 is 0 Å². The number of rotatable bonds is 6. The van der Waals surface area contributed by atoms with Gasteiger partial charge in [0.25, 0.3) is 0 Å². The van der Waals surface area contributed by atoms with E-state index in [-0.39, 0.29) is 17.9 Å². The van der Waals surface area contributed by atoms with Gasteiger partial charge in [-0.2, -0.15) is 0 Å². The molecule has 26 heavy (non-hydrogen) atoms. The predicted molar refractivity (Wildman–Crippen MR) is 104 cm³/mol. The molecule has 2 atom stereocenters. The Morgan fingerprint density at radius 1 is 1.15 bits per heavy atom. The Bertz CT molecular complexity index is 508. The van der Waals surface area contributed by atoms with Crippen molar-refractivity contribution < 1.29 is 9.53 Å². The quantitative estimate of drug-likeness (QED) is 0.561. The van der Waals surface area contributed by atoms with Crippen LogP contribution in [0.5, 0.6) is 0 Å². The van der Waals surface area contributed by atoms with Gasteiger partial charge in [0, 0.05) is 38.2 Å². The van der Waals surface area contributed by atoms with Crippen LogP contribution in [0.1, 0.15) is 64.7 Å². The molecule has 3 saturated carbocycles. The molecule has 3 aliphatic carbocycles.